The molecular weight excluding hydrogens is 384 g/mol. The Morgan fingerprint density at radius 3 is 2.32 bits per heavy atom. The number of aromatic nitrogens is 2. The Bertz CT molecular complexity index is 1100. The van der Waals surface area contributed by atoms with Gasteiger partial charge in [-0.2, -0.15) is 5.10 Å². The van der Waals surface area contributed by atoms with E-state index in [9.17, 15) is 9.90 Å². The Hall–Kier alpha value is -3.14. The van der Waals surface area contributed by atoms with Crippen LogP contribution in [0.4, 0.5) is 0 Å². The lowest BCUT2D eigenvalue weighted by molar-refractivity contribution is -0.119. The summed E-state index contributed by atoms with van der Waals surface area (Å²) in [6, 6.07) is 20.6. The molecule has 0 amide bonds. The van der Waals surface area contributed by atoms with E-state index in [0.717, 1.165) is 24.8 Å². The Kier molecular flexibility index (Phi) is 5.81. The quantitative estimate of drug-likeness (QED) is 0.410. The molecule has 0 saturated heterocycles. The van der Waals surface area contributed by atoms with Crippen LogP contribution in [0, 0.1) is 12.8 Å². The second-order valence-electron chi connectivity index (χ2n) is 8.93. The number of hydrogen-bond donors (Lipinski definition) is 1. The molecule has 0 bridgehead atoms. The highest BCUT2D eigenvalue weighted by molar-refractivity contribution is 5.96. The molecule has 4 heteroatoms. The minimum Gasteiger partial charge on any atom is -0.515 e. The SMILES string of the molecule is Cc1ccccc1.Cn1nc2c(c1-c1ccccc1)CCC1CC(=O)/C(=C\O)CC21C. The number of aryl methyl sites for hydroxylation is 2. The van der Waals surface area contributed by atoms with Crippen LogP contribution >= 0.6 is 0 Å². The topological polar surface area (TPSA) is 55.1 Å². The molecular formula is C27H30N2O2. The number of fused-ring (bicyclic) bond motifs is 3. The van der Waals surface area contributed by atoms with Crippen LogP contribution in [-0.2, 0) is 23.7 Å². The highest BCUT2D eigenvalue weighted by Crippen LogP contribution is 2.51. The predicted molar refractivity (Wildman–Crippen MR) is 124 cm³/mol. The van der Waals surface area contributed by atoms with E-state index in [0.29, 0.717) is 24.3 Å². The van der Waals surface area contributed by atoms with Crippen LogP contribution in [0.3, 0.4) is 0 Å². The highest BCUT2D eigenvalue weighted by atomic mass is 16.2. The fourth-order valence-corrected chi connectivity index (χ4v) is 5.11. The molecule has 1 fully saturated rings. The van der Waals surface area contributed by atoms with Gasteiger partial charge < -0.3 is 5.11 Å². The Morgan fingerprint density at radius 1 is 1.10 bits per heavy atom. The van der Waals surface area contributed by atoms with E-state index in [1.807, 2.05) is 48.1 Å². The fourth-order valence-electron chi connectivity index (χ4n) is 5.11. The molecule has 1 aromatic heterocycles. The summed E-state index contributed by atoms with van der Waals surface area (Å²) in [6.07, 6.45) is 4.04. The molecule has 160 valence electrons. The summed E-state index contributed by atoms with van der Waals surface area (Å²) in [7, 11) is 2.00. The van der Waals surface area contributed by atoms with Crippen molar-refractivity contribution in [3.63, 3.8) is 0 Å². The minimum atomic E-state index is -0.180. The van der Waals surface area contributed by atoms with Gasteiger partial charge in [0.2, 0.25) is 0 Å². The first-order valence-electron chi connectivity index (χ1n) is 10.9. The third-order valence-corrected chi connectivity index (χ3v) is 6.82. The number of nitrogens with zero attached hydrogens (tertiary/aromatic N) is 2. The maximum absolute atomic E-state index is 12.2. The third-order valence-electron chi connectivity index (χ3n) is 6.82. The summed E-state index contributed by atoms with van der Waals surface area (Å²) in [6.45, 7) is 4.29. The van der Waals surface area contributed by atoms with Crippen LogP contribution in [0.1, 0.15) is 43.0 Å². The van der Waals surface area contributed by atoms with E-state index in [2.05, 4.69) is 38.1 Å². The van der Waals surface area contributed by atoms with Crippen LogP contribution in [-0.4, -0.2) is 20.7 Å². The first-order chi connectivity index (χ1) is 14.9. The van der Waals surface area contributed by atoms with Gasteiger partial charge >= 0.3 is 0 Å². The molecule has 4 nitrogen and oxygen atoms in total. The van der Waals surface area contributed by atoms with E-state index in [1.165, 1.54) is 22.4 Å². The minimum absolute atomic E-state index is 0.0858. The van der Waals surface area contributed by atoms with Crippen molar-refractivity contribution in [2.75, 3.05) is 0 Å². The maximum atomic E-state index is 12.2. The summed E-state index contributed by atoms with van der Waals surface area (Å²) in [4.78, 5) is 12.2. The van der Waals surface area contributed by atoms with Crippen molar-refractivity contribution < 1.29 is 9.90 Å². The summed E-state index contributed by atoms with van der Waals surface area (Å²) < 4.78 is 1.98. The summed E-state index contributed by atoms with van der Waals surface area (Å²) in [5, 5.41) is 14.3. The Balaban J connectivity index is 0.000000282. The number of Topliss-reactive ketones (excluding diaryl/α,β-unsaturated/α-hetero) is 1. The molecule has 31 heavy (non-hydrogen) atoms. The number of ketones is 1. The van der Waals surface area contributed by atoms with Crippen molar-refractivity contribution in [1.29, 1.82) is 0 Å². The number of carbonyl (C=O) groups excluding carboxylic acids is 1. The molecule has 5 rings (SSSR count). The van der Waals surface area contributed by atoms with E-state index >= 15 is 0 Å². The fraction of sp³-hybridized carbons (Fsp3) is 0.333. The number of hydrogen-bond acceptors (Lipinski definition) is 3. The number of carbonyl (C=O) groups is 1. The van der Waals surface area contributed by atoms with Gasteiger partial charge in [0.15, 0.2) is 5.78 Å². The normalized spacial score (nSPS) is 23.5. The number of rotatable bonds is 1. The van der Waals surface area contributed by atoms with Gasteiger partial charge in [0, 0.05) is 35.6 Å². The summed E-state index contributed by atoms with van der Waals surface area (Å²) in [5.74, 6) is 0.391. The van der Waals surface area contributed by atoms with Gasteiger partial charge in [0.05, 0.1) is 17.6 Å². The molecule has 2 aromatic carbocycles. The van der Waals surface area contributed by atoms with Gasteiger partial charge in [-0.25, -0.2) is 0 Å². The molecule has 2 aliphatic carbocycles. The van der Waals surface area contributed by atoms with Crippen LogP contribution in [0.2, 0.25) is 0 Å². The number of aliphatic hydroxyl groups is 1. The van der Waals surface area contributed by atoms with Gasteiger partial charge in [0.1, 0.15) is 0 Å². The third kappa shape index (κ3) is 3.95. The lowest BCUT2D eigenvalue weighted by Crippen LogP contribution is -2.43. The second kappa shape index (κ2) is 8.54. The molecule has 0 radical (unpaired) electrons. The summed E-state index contributed by atoms with van der Waals surface area (Å²) >= 11 is 0. The average Bonchev–Trinajstić information content (AvgIpc) is 3.13. The van der Waals surface area contributed by atoms with Crippen LogP contribution in [0.15, 0.2) is 72.5 Å². The molecule has 0 spiro atoms. The average molecular weight is 415 g/mol. The van der Waals surface area contributed by atoms with Crippen molar-refractivity contribution >= 4 is 5.78 Å². The van der Waals surface area contributed by atoms with E-state index < -0.39 is 0 Å². The number of allylic oxidation sites excluding steroid dienone is 1. The van der Waals surface area contributed by atoms with Crippen LogP contribution in [0.5, 0.6) is 0 Å². The summed E-state index contributed by atoms with van der Waals surface area (Å²) in [5.41, 5.74) is 6.44. The van der Waals surface area contributed by atoms with Crippen molar-refractivity contribution in [1.82, 2.24) is 9.78 Å². The molecule has 2 atom stereocenters. The molecule has 1 saturated carbocycles. The monoisotopic (exact) mass is 414 g/mol. The largest absolute Gasteiger partial charge is 0.515 e. The number of aliphatic hydroxyl groups excluding tert-OH is 1. The Morgan fingerprint density at radius 2 is 1.74 bits per heavy atom. The molecule has 1 N–H and O–H groups in total. The standard InChI is InChI=1S/C20H22N2O2.C7H8/c1-20-11-14(12-23)17(24)10-15(20)8-9-16-18(22(2)21-19(16)20)13-6-4-3-5-7-13;1-7-5-3-2-4-6-7/h3-7,12,15,23H,8-11H2,1-2H3;2-6H,1H3/b14-12-;. The first kappa shape index (κ1) is 21.1. The van der Waals surface area contributed by atoms with Crippen molar-refractivity contribution in [2.24, 2.45) is 13.0 Å². The van der Waals surface area contributed by atoms with E-state index in [4.69, 9.17) is 5.10 Å². The van der Waals surface area contributed by atoms with Crippen LogP contribution < -0.4 is 0 Å². The van der Waals surface area contributed by atoms with Gasteiger partial charge in [-0.15, -0.1) is 0 Å². The van der Waals surface area contributed by atoms with Gasteiger partial charge in [-0.1, -0.05) is 73.2 Å². The smallest absolute Gasteiger partial charge is 0.162 e. The Labute approximate surface area is 184 Å². The molecule has 2 aliphatic rings. The van der Waals surface area contributed by atoms with Gasteiger partial charge in [-0.3, -0.25) is 9.48 Å². The van der Waals surface area contributed by atoms with Crippen molar-refractivity contribution in [2.45, 2.75) is 44.9 Å². The number of benzene rings is 2. The van der Waals surface area contributed by atoms with Crippen molar-refractivity contribution in [3.05, 3.63) is 89.3 Å². The zero-order valence-corrected chi connectivity index (χ0v) is 18.5. The van der Waals surface area contributed by atoms with E-state index in [-0.39, 0.29) is 11.2 Å². The van der Waals surface area contributed by atoms with Crippen LogP contribution in [0.25, 0.3) is 11.3 Å². The highest BCUT2D eigenvalue weighted by Gasteiger charge is 2.48. The van der Waals surface area contributed by atoms with E-state index in [1.54, 1.807) is 0 Å². The zero-order valence-electron chi connectivity index (χ0n) is 18.5. The van der Waals surface area contributed by atoms with Gasteiger partial charge in [-0.05, 0) is 32.1 Å². The second-order valence-corrected chi connectivity index (χ2v) is 8.93. The predicted octanol–water partition coefficient (Wildman–Crippen LogP) is 5.71. The lowest BCUT2D eigenvalue weighted by Gasteiger charge is -2.44. The van der Waals surface area contributed by atoms with Gasteiger partial charge in [0.25, 0.3) is 0 Å². The lowest BCUT2D eigenvalue weighted by atomic mass is 9.59. The molecule has 3 aromatic rings. The maximum Gasteiger partial charge on any atom is 0.162 e. The molecule has 2 unspecified atom stereocenters. The molecule has 1 heterocycles. The molecule has 0 aliphatic heterocycles. The zero-order chi connectivity index (χ0) is 22.0. The van der Waals surface area contributed by atoms with Crippen molar-refractivity contribution in [3.8, 4) is 11.3 Å². The first-order valence-corrected chi connectivity index (χ1v) is 10.9.